The van der Waals surface area contributed by atoms with Crippen molar-refractivity contribution in [2.45, 2.75) is 37.9 Å². The first-order chi connectivity index (χ1) is 16.4. The van der Waals surface area contributed by atoms with Crippen molar-refractivity contribution in [2.75, 3.05) is 6.54 Å². The zero-order valence-electron chi connectivity index (χ0n) is 19.3. The van der Waals surface area contributed by atoms with Crippen molar-refractivity contribution in [1.82, 2.24) is 4.90 Å². The largest absolute Gasteiger partial charge is 0.416 e. The summed E-state index contributed by atoms with van der Waals surface area (Å²) in [6, 6.07) is 18.9. The second-order valence-electron chi connectivity index (χ2n) is 8.54. The molecule has 0 aromatic heterocycles. The summed E-state index contributed by atoms with van der Waals surface area (Å²) in [5.74, 6) is 0.171. The molecule has 0 unspecified atom stereocenters. The van der Waals surface area contributed by atoms with Crippen molar-refractivity contribution in [3.8, 4) is 5.75 Å². The summed E-state index contributed by atoms with van der Waals surface area (Å²) < 4.78 is 68.8. The summed E-state index contributed by atoms with van der Waals surface area (Å²) >= 11 is 0. The molecule has 3 aromatic rings. The van der Waals surface area contributed by atoms with E-state index in [-0.39, 0.29) is 24.0 Å². The fourth-order valence-electron chi connectivity index (χ4n) is 3.45. The summed E-state index contributed by atoms with van der Waals surface area (Å²) in [5, 5.41) is 0. The first kappa shape index (κ1) is 26.3. The third kappa shape index (κ3) is 7.58. The molecule has 1 amide bonds. The van der Waals surface area contributed by atoms with Crippen LogP contribution in [0.25, 0.3) is 0 Å². The maximum absolute atomic E-state index is 12.9. The number of benzene rings is 3. The first-order valence-corrected chi connectivity index (χ1v) is 12.4. The van der Waals surface area contributed by atoms with Gasteiger partial charge in [0.25, 0.3) is 0 Å². The van der Waals surface area contributed by atoms with Gasteiger partial charge in [0.2, 0.25) is 5.91 Å². The Morgan fingerprint density at radius 3 is 2.17 bits per heavy atom. The minimum atomic E-state index is -4.67. The Labute approximate surface area is 203 Å². The van der Waals surface area contributed by atoms with Gasteiger partial charge in [-0.2, -0.15) is 21.6 Å². The summed E-state index contributed by atoms with van der Waals surface area (Å²) in [6.07, 6.45) is -4.41. The third-order valence-electron chi connectivity index (χ3n) is 5.09. The van der Waals surface area contributed by atoms with Crippen molar-refractivity contribution in [3.05, 3.63) is 95.6 Å². The quantitative estimate of drug-likeness (QED) is 0.350. The number of carbonyl (C=O) groups is 1. The summed E-state index contributed by atoms with van der Waals surface area (Å²) in [6.45, 7) is 4.90. The molecule has 35 heavy (non-hydrogen) atoms. The van der Waals surface area contributed by atoms with Crippen LogP contribution in [-0.4, -0.2) is 25.8 Å². The fraction of sp³-hybridized carbons (Fsp3) is 0.269. The molecule has 0 saturated heterocycles. The lowest BCUT2D eigenvalue weighted by Crippen LogP contribution is -2.34. The Morgan fingerprint density at radius 1 is 0.914 bits per heavy atom. The maximum Gasteiger partial charge on any atom is 0.416 e. The highest BCUT2D eigenvalue weighted by atomic mass is 32.2. The minimum Gasteiger partial charge on any atom is -0.379 e. The van der Waals surface area contributed by atoms with Gasteiger partial charge in [0.05, 0.1) is 12.0 Å². The number of rotatable bonds is 9. The number of amides is 1. The number of alkyl halides is 3. The van der Waals surface area contributed by atoms with E-state index in [1.165, 1.54) is 12.1 Å². The third-order valence-corrected chi connectivity index (χ3v) is 6.33. The smallest absolute Gasteiger partial charge is 0.379 e. The standard InChI is InChI=1S/C26H26F3NO4S/c1-19(2)17-30(25(31)15-20-7-4-3-5-8-20)18-21-11-13-23(14-12-21)34-35(32,33)24-10-6-9-22(16-24)26(27,28)29/h3-14,16,19H,15,17-18H2,1-2H3. The molecule has 186 valence electrons. The van der Waals surface area contributed by atoms with Crippen LogP contribution in [-0.2, 0) is 34.1 Å². The van der Waals surface area contributed by atoms with E-state index < -0.39 is 26.8 Å². The van der Waals surface area contributed by atoms with E-state index >= 15 is 0 Å². The normalized spacial score (nSPS) is 11.9. The number of hydrogen-bond donors (Lipinski definition) is 0. The zero-order valence-corrected chi connectivity index (χ0v) is 20.1. The predicted octanol–water partition coefficient (Wildman–Crippen LogP) is 5.70. The maximum atomic E-state index is 12.9. The van der Waals surface area contributed by atoms with E-state index in [1.54, 1.807) is 17.0 Å². The lowest BCUT2D eigenvalue weighted by molar-refractivity contribution is -0.137. The van der Waals surface area contributed by atoms with E-state index in [0.717, 1.165) is 29.3 Å². The molecule has 5 nitrogen and oxygen atoms in total. The zero-order chi connectivity index (χ0) is 25.6. The van der Waals surface area contributed by atoms with Crippen LogP contribution < -0.4 is 4.18 Å². The topological polar surface area (TPSA) is 63.7 Å². The average molecular weight is 506 g/mol. The van der Waals surface area contributed by atoms with Crippen molar-refractivity contribution in [1.29, 1.82) is 0 Å². The van der Waals surface area contributed by atoms with Gasteiger partial charge in [-0.3, -0.25) is 4.79 Å². The van der Waals surface area contributed by atoms with E-state index in [1.807, 2.05) is 44.2 Å². The van der Waals surface area contributed by atoms with E-state index in [4.69, 9.17) is 4.18 Å². The van der Waals surface area contributed by atoms with Crippen molar-refractivity contribution < 1.29 is 30.6 Å². The molecule has 0 aliphatic rings. The summed E-state index contributed by atoms with van der Waals surface area (Å²) in [7, 11) is -4.46. The van der Waals surface area contributed by atoms with Crippen LogP contribution >= 0.6 is 0 Å². The highest BCUT2D eigenvalue weighted by Crippen LogP contribution is 2.31. The first-order valence-electron chi connectivity index (χ1n) is 11.0. The molecule has 0 heterocycles. The molecule has 0 spiro atoms. The number of hydrogen-bond acceptors (Lipinski definition) is 4. The molecule has 0 atom stereocenters. The summed E-state index contributed by atoms with van der Waals surface area (Å²) in [4.78, 5) is 14.1. The second-order valence-corrected chi connectivity index (χ2v) is 10.1. The van der Waals surface area contributed by atoms with E-state index in [9.17, 15) is 26.4 Å². The number of nitrogens with zero attached hydrogens (tertiary/aromatic N) is 1. The van der Waals surface area contributed by atoms with Crippen LogP contribution in [0.15, 0.2) is 83.8 Å². The molecule has 3 aromatic carbocycles. The van der Waals surface area contributed by atoms with Gasteiger partial charge >= 0.3 is 16.3 Å². The second kappa shape index (κ2) is 10.9. The van der Waals surface area contributed by atoms with Crippen molar-refractivity contribution in [3.63, 3.8) is 0 Å². The SMILES string of the molecule is CC(C)CN(Cc1ccc(OS(=O)(=O)c2cccc(C(F)(F)F)c2)cc1)C(=O)Cc1ccccc1. The molecule has 0 radical (unpaired) electrons. The lowest BCUT2D eigenvalue weighted by Gasteiger charge is -2.25. The Morgan fingerprint density at radius 2 is 1.57 bits per heavy atom. The highest BCUT2D eigenvalue weighted by molar-refractivity contribution is 7.87. The number of carbonyl (C=O) groups excluding carboxylic acids is 1. The molecule has 9 heteroatoms. The fourth-order valence-corrected chi connectivity index (χ4v) is 4.43. The van der Waals surface area contributed by atoms with Gasteiger partial charge in [0, 0.05) is 13.1 Å². The van der Waals surface area contributed by atoms with Gasteiger partial charge in [0.15, 0.2) is 0 Å². The van der Waals surface area contributed by atoms with Gasteiger partial charge in [-0.05, 0) is 47.4 Å². The molecule has 0 aliphatic carbocycles. The Balaban J connectivity index is 1.71. The molecule has 0 N–H and O–H groups in total. The molecule has 0 saturated carbocycles. The van der Waals surface area contributed by atoms with Gasteiger partial charge in [0.1, 0.15) is 10.6 Å². The van der Waals surface area contributed by atoms with Crippen molar-refractivity contribution >= 4 is 16.0 Å². The summed E-state index contributed by atoms with van der Waals surface area (Å²) in [5.41, 5.74) is 0.591. The Kier molecular flexibility index (Phi) is 8.22. The van der Waals surface area contributed by atoms with Gasteiger partial charge < -0.3 is 9.08 Å². The molecular formula is C26H26F3NO4S. The highest BCUT2D eigenvalue weighted by Gasteiger charge is 2.32. The van der Waals surface area contributed by atoms with Gasteiger partial charge in [-0.15, -0.1) is 0 Å². The molecule has 0 bridgehead atoms. The Bertz CT molecular complexity index is 1240. The molecule has 0 fully saturated rings. The molecule has 3 rings (SSSR count). The number of halogens is 3. The van der Waals surface area contributed by atoms with Gasteiger partial charge in [-0.25, -0.2) is 0 Å². The minimum absolute atomic E-state index is 0.0302. The average Bonchev–Trinajstić information content (AvgIpc) is 2.79. The molecular weight excluding hydrogens is 479 g/mol. The van der Waals surface area contributed by atoms with Gasteiger partial charge in [-0.1, -0.05) is 62.4 Å². The van der Waals surface area contributed by atoms with Crippen LogP contribution in [0.4, 0.5) is 13.2 Å². The van der Waals surface area contributed by atoms with Crippen LogP contribution in [0.2, 0.25) is 0 Å². The van der Waals surface area contributed by atoms with E-state index in [2.05, 4.69) is 0 Å². The van der Waals surface area contributed by atoms with E-state index in [0.29, 0.717) is 19.2 Å². The Hall–Kier alpha value is -3.33. The van der Waals surface area contributed by atoms with Crippen LogP contribution in [0.1, 0.15) is 30.5 Å². The van der Waals surface area contributed by atoms with Crippen LogP contribution in [0.3, 0.4) is 0 Å². The van der Waals surface area contributed by atoms with Crippen LogP contribution in [0, 0.1) is 5.92 Å². The predicted molar refractivity (Wildman–Crippen MR) is 126 cm³/mol. The lowest BCUT2D eigenvalue weighted by atomic mass is 10.1. The molecule has 0 aliphatic heterocycles. The monoisotopic (exact) mass is 505 g/mol. The van der Waals surface area contributed by atoms with Crippen molar-refractivity contribution in [2.24, 2.45) is 5.92 Å². The van der Waals surface area contributed by atoms with Crippen LogP contribution in [0.5, 0.6) is 5.75 Å².